The van der Waals surface area contributed by atoms with Crippen LogP contribution in [0.4, 0.5) is 4.79 Å². The molecule has 0 spiro atoms. The second kappa shape index (κ2) is 6.60. The molecule has 0 saturated heterocycles. The van der Waals surface area contributed by atoms with Crippen LogP contribution < -0.4 is 0 Å². The van der Waals surface area contributed by atoms with Gasteiger partial charge in [0.25, 0.3) is 0 Å². The molecule has 25 heavy (non-hydrogen) atoms. The van der Waals surface area contributed by atoms with Crippen molar-refractivity contribution in [3.8, 4) is 0 Å². The standard InChI is InChI=1S/C20H21ClN2O2/c1-2-25-20(24)23-11-16(13-6-4-3-5-7-13)19-17(12-23)15-10-14(21)8-9-18(15)22-19/h4,6-10,16,22H,2-3,5,11-12H2,1H3. The first kappa shape index (κ1) is 16.3. The van der Waals surface area contributed by atoms with Gasteiger partial charge in [0.05, 0.1) is 13.2 Å². The summed E-state index contributed by atoms with van der Waals surface area (Å²) in [6.45, 7) is 3.39. The first-order valence-corrected chi connectivity index (χ1v) is 9.13. The summed E-state index contributed by atoms with van der Waals surface area (Å²) in [5.41, 5.74) is 4.65. The molecule has 0 radical (unpaired) electrons. The Morgan fingerprint density at radius 3 is 3.04 bits per heavy atom. The van der Waals surface area contributed by atoms with E-state index in [1.807, 2.05) is 25.1 Å². The molecule has 5 heteroatoms. The summed E-state index contributed by atoms with van der Waals surface area (Å²) in [6, 6.07) is 5.87. The molecule has 2 aliphatic rings. The SMILES string of the molecule is CCOC(=O)N1Cc2c([nH]c3ccc(Cl)cc23)C(C2=CCCC=C2)C1. The van der Waals surface area contributed by atoms with Crippen LogP contribution in [0, 0.1) is 0 Å². The third kappa shape index (κ3) is 2.95. The maximum atomic E-state index is 12.4. The molecule has 0 fully saturated rings. The van der Waals surface area contributed by atoms with Crippen molar-refractivity contribution in [1.82, 2.24) is 9.88 Å². The van der Waals surface area contributed by atoms with E-state index in [1.165, 1.54) is 11.3 Å². The fourth-order valence-electron chi connectivity index (χ4n) is 3.79. The second-order valence-corrected chi connectivity index (χ2v) is 6.96. The minimum Gasteiger partial charge on any atom is -0.450 e. The zero-order valence-electron chi connectivity index (χ0n) is 14.2. The molecule has 1 amide bonds. The first-order chi connectivity index (χ1) is 12.2. The second-order valence-electron chi connectivity index (χ2n) is 6.52. The number of aromatic amines is 1. The van der Waals surface area contributed by atoms with Crippen molar-refractivity contribution < 1.29 is 9.53 Å². The van der Waals surface area contributed by atoms with Crippen LogP contribution in [0.15, 0.2) is 42.0 Å². The Labute approximate surface area is 152 Å². The van der Waals surface area contributed by atoms with Gasteiger partial charge in [-0.25, -0.2) is 4.79 Å². The smallest absolute Gasteiger partial charge is 0.410 e. The molecule has 2 aromatic rings. The molecule has 4 nitrogen and oxygen atoms in total. The highest BCUT2D eigenvalue weighted by atomic mass is 35.5. The van der Waals surface area contributed by atoms with E-state index in [2.05, 4.69) is 23.2 Å². The van der Waals surface area contributed by atoms with E-state index in [4.69, 9.17) is 16.3 Å². The fourth-order valence-corrected chi connectivity index (χ4v) is 3.97. The van der Waals surface area contributed by atoms with Gasteiger partial charge in [-0.2, -0.15) is 0 Å². The predicted octanol–water partition coefficient (Wildman–Crippen LogP) is 5.15. The summed E-state index contributed by atoms with van der Waals surface area (Å²) in [5, 5.41) is 1.79. The number of halogens is 1. The predicted molar refractivity (Wildman–Crippen MR) is 99.9 cm³/mol. The Hall–Kier alpha value is -2.20. The number of amides is 1. The van der Waals surface area contributed by atoms with Gasteiger partial charge in [0.1, 0.15) is 0 Å². The summed E-state index contributed by atoms with van der Waals surface area (Å²) in [5.74, 6) is 0.135. The van der Waals surface area contributed by atoms with E-state index in [1.54, 1.807) is 4.90 Å². The molecule has 1 atom stereocenters. The molecule has 1 aromatic heterocycles. The van der Waals surface area contributed by atoms with Gasteiger partial charge in [0.15, 0.2) is 0 Å². The quantitative estimate of drug-likeness (QED) is 0.808. The van der Waals surface area contributed by atoms with Crippen molar-refractivity contribution >= 4 is 28.6 Å². The van der Waals surface area contributed by atoms with Gasteiger partial charge in [-0.3, -0.25) is 0 Å². The number of benzene rings is 1. The van der Waals surface area contributed by atoms with Gasteiger partial charge in [-0.1, -0.05) is 29.8 Å². The number of H-pyrrole nitrogens is 1. The summed E-state index contributed by atoms with van der Waals surface area (Å²) in [7, 11) is 0. The van der Waals surface area contributed by atoms with Gasteiger partial charge in [-0.15, -0.1) is 0 Å². The number of nitrogens with zero attached hydrogens (tertiary/aromatic N) is 1. The molecular weight excluding hydrogens is 336 g/mol. The van der Waals surface area contributed by atoms with E-state index in [-0.39, 0.29) is 12.0 Å². The highest BCUT2D eigenvalue weighted by Crippen LogP contribution is 2.39. The lowest BCUT2D eigenvalue weighted by molar-refractivity contribution is 0.100. The Kier molecular flexibility index (Phi) is 4.30. The Morgan fingerprint density at radius 1 is 1.40 bits per heavy atom. The molecule has 1 N–H and O–H groups in total. The number of carbonyl (C=O) groups excluding carboxylic acids is 1. The van der Waals surface area contributed by atoms with Crippen LogP contribution in [-0.4, -0.2) is 29.1 Å². The number of hydrogen-bond acceptors (Lipinski definition) is 2. The number of hydrogen-bond donors (Lipinski definition) is 1. The number of nitrogens with one attached hydrogen (secondary N) is 1. The van der Waals surface area contributed by atoms with E-state index in [0.717, 1.165) is 29.3 Å². The van der Waals surface area contributed by atoms with Crippen LogP contribution >= 0.6 is 11.6 Å². The minimum atomic E-state index is -0.255. The van der Waals surface area contributed by atoms with Crippen LogP contribution in [0.2, 0.25) is 5.02 Å². The van der Waals surface area contributed by atoms with Crippen LogP contribution in [0.25, 0.3) is 10.9 Å². The lowest BCUT2D eigenvalue weighted by atomic mass is 9.86. The molecular formula is C20H21ClN2O2. The topological polar surface area (TPSA) is 45.3 Å². The number of ether oxygens (including phenoxy) is 1. The number of rotatable bonds is 2. The van der Waals surface area contributed by atoms with Crippen molar-refractivity contribution in [2.24, 2.45) is 0 Å². The van der Waals surface area contributed by atoms with Crippen LogP contribution in [0.1, 0.15) is 36.9 Å². The van der Waals surface area contributed by atoms with Gasteiger partial charge in [0.2, 0.25) is 0 Å². The van der Waals surface area contributed by atoms with E-state index < -0.39 is 0 Å². The molecule has 2 heterocycles. The van der Waals surface area contributed by atoms with Crippen molar-refractivity contribution in [2.45, 2.75) is 32.2 Å². The third-order valence-electron chi connectivity index (χ3n) is 4.95. The maximum absolute atomic E-state index is 12.4. The molecule has 1 unspecified atom stereocenters. The van der Waals surface area contributed by atoms with Crippen LogP contribution in [0.5, 0.6) is 0 Å². The van der Waals surface area contributed by atoms with E-state index >= 15 is 0 Å². The molecule has 4 rings (SSSR count). The highest BCUT2D eigenvalue weighted by molar-refractivity contribution is 6.31. The number of aromatic nitrogens is 1. The average molecular weight is 357 g/mol. The van der Waals surface area contributed by atoms with Crippen molar-refractivity contribution in [3.63, 3.8) is 0 Å². The largest absolute Gasteiger partial charge is 0.450 e. The van der Waals surface area contributed by atoms with Gasteiger partial charge < -0.3 is 14.6 Å². The Morgan fingerprint density at radius 2 is 2.28 bits per heavy atom. The maximum Gasteiger partial charge on any atom is 0.410 e. The Bertz CT molecular complexity index is 881. The van der Waals surface area contributed by atoms with Crippen LogP contribution in [0.3, 0.4) is 0 Å². The highest BCUT2D eigenvalue weighted by Gasteiger charge is 2.33. The molecule has 130 valence electrons. The number of carbonyl (C=O) groups is 1. The molecule has 0 bridgehead atoms. The zero-order chi connectivity index (χ0) is 17.4. The summed E-state index contributed by atoms with van der Waals surface area (Å²) >= 11 is 6.21. The van der Waals surface area contributed by atoms with Gasteiger partial charge in [-0.05, 0) is 43.5 Å². The zero-order valence-corrected chi connectivity index (χ0v) is 15.0. The monoisotopic (exact) mass is 356 g/mol. The third-order valence-corrected chi connectivity index (χ3v) is 5.19. The van der Waals surface area contributed by atoms with Gasteiger partial charge in [0, 0.05) is 39.6 Å². The summed E-state index contributed by atoms with van der Waals surface area (Å²) in [6.07, 6.45) is 8.54. The first-order valence-electron chi connectivity index (χ1n) is 8.75. The number of fused-ring (bicyclic) bond motifs is 3. The van der Waals surface area contributed by atoms with Crippen molar-refractivity contribution in [1.29, 1.82) is 0 Å². The van der Waals surface area contributed by atoms with E-state index in [0.29, 0.717) is 24.7 Å². The Balaban J connectivity index is 1.82. The minimum absolute atomic E-state index is 0.135. The molecule has 0 saturated carbocycles. The summed E-state index contributed by atoms with van der Waals surface area (Å²) < 4.78 is 5.26. The lowest BCUT2D eigenvalue weighted by Gasteiger charge is -2.33. The van der Waals surface area contributed by atoms with Crippen LogP contribution in [-0.2, 0) is 11.3 Å². The normalized spacial score (nSPS) is 19.7. The van der Waals surface area contributed by atoms with Crippen molar-refractivity contribution in [2.75, 3.05) is 13.2 Å². The lowest BCUT2D eigenvalue weighted by Crippen LogP contribution is -2.39. The van der Waals surface area contributed by atoms with Crippen molar-refractivity contribution in [3.05, 3.63) is 58.3 Å². The number of allylic oxidation sites excluding steroid dienone is 3. The average Bonchev–Trinajstić information content (AvgIpc) is 3.00. The fraction of sp³-hybridized carbons (Fsp3) is 0.350. The van der Waals surface area contributed by atoms with Gasteiger partial charge >= 0.3 is 6.09 Å². The molecule has 1 aromatic carbocycles. The molecule has 1 aliphatic heterocycles. The molecule has 1 aliphatic carbocycles. The van der Waals surface area contributed by atoms with E-state index in [9.17, 15) is 4.79 Å². The summed E-state index contributed by atoms with van der Waals surface area (Å²) in [4.78, 5) is 17.8.